The molecular weight excluding hydrogens is 396 g/mol. The lowest BCUT2D eigenvalue weighted by atomic mass is 10.0. The van der Waals surface area contributed by atoms with Crippen LogP contribution in [0.4, 0.5) is 14.5 Å². The Kier molecular flexibility index (Phi) is 6.41. The van der Waals surface area contributed by atoms with E-state index in [2.05, 4.69) is 15.6 Å². The molecule has 1 heterocycles. The van der Waals surface area contributed by atoms with Crippen molar-refractivity contribution in [3.63, 3.8) is 0 Å². The van der Waals surface area contributed by atoms with Gasteiger partial charge >= 0.3 is 5.97 Å². The van der Waals surface area contributed by atoms with Crippen LogP contribution in [0.5, 0.6) is 0 Å². The van der Waals surface area contributed by atoms with E-state index in [1.54, 1.807) is 6.20 Å². The zero-order chi connectivity index (χ0) is 21.7. The molecule has 7 nitrogen and oxygen atoms in total. The number of aromatic amines is 1. The Morgan fingerprint density at radius 2 is 1.90 bits per heavy atom. The molecule has 0 radical (unpaired) electrons. The highest BCUT2D eigenvalue weighted by Crippen LogP contribution is 2.19. The second-order valence-corrected chi connectivity index (χ2v) is 6.60. The molecule has 0 saturated carbocycles. The van der Waals surface area contributed by atoms with Crippen molar-refractivity contribution in [1.29, 1.82) is 0 Å². The molecule has 3 rings (SSSR count). The number of carbonyl (C=O) groups excluding carboxylic acids is 3. The van der Waals surface area contributed by atoms with Crippen LogP contribution in [0, 0.1) is 11.6 Å². The number of para-hydroxylation sites is 1. The van der Waals surface area contributed by atoms with Gasteiger partial charge in [0.25, 0.3) is 5.91 Å². The van der Waals surface area contributed by atoms with Crippen LogP contribution < -0.4 is 10.6 Å². The number of rotatable bonds is 7. The smallest absolute Gasteiger partial charge is 0.329 e. The third kappa shape index (κ3) is 5.19. The molecular formula is C21H19F2N3O4. The van der Waals surface area contributed by atoms with Crippen LogP contribution in [0.3, 0.4) is 0 Å². The van der Waals surface area contributed by atoms with Crippen LogP contribution in [0.15, 0.2) is 48.7 Å². The summed E-state index contributed by atoms with van der Waals surface area (Å²) in [6.07, 6.45) is 1.87. The highest BCUT2D eigenvalue weighted by atomic mass is 19.1. The molecule has 0 spiro atoms. The maximum atomic E-state index is 13.6. The lowest BCUT2D eigenvalue weighted by molar-refractivity contribution is -0.150. The van der Waals surface area contributed by atoms with Gasteiger partial charge in [-0.15, -0.1) is 0 Å². The van der Waals surface area contributed by atoms with Gasteiger partial charge in [-0.1, -0.05) is 18.2 Å². The Morgan fingerprint density at radius 1 is 1.13 bits per heavy atom. The van der Waals surface area contributed by atoms with Gasteiger partial charge in [-0.3, -0.25) is 9.59 Å². The van der Waals surface area contributed by atoms with E-state index in [4.69, 9.17) is 4.74 Å². The summed E-state index contributed by atoms with van der Waals surface area (Å²) >= 11 is 0. The second-order valence-electron chi connectivity index (χ2n) is 6.60. The average Bonchev–Trinajstić information content (AvgIpc) is 3.11. The molecule has 0 aliphatic rings. The zero-order valence-corrected chi connectivity index (χ0v) is 16.0. The van der Waals surface area contributed by atoms with Gasteiger partial charge in [0.15, 0.2) is 6.61 Å². The molecule has 1 atom stereocenters. The van der Waals surface area contributed by atoms with E-state index in [9.17, 15) is 23.2 Å². The summed E-state index contributed by atoms with van der Waals surface area (Å²) in [5.41, 5.74) is 1.29. The number of ether oxygens (including phenoxy) is 1. The Hall–Kier alpha value is -3.75. The van der Waals surface area contributed by atoms with E-state index in [0.29, 0.717) is 0 Å². The predicted octanol–water partition coefficient (Wildman–Crippen LogP) is 2.68. The van der Waals surface area contributed by atoms with Gasteiger partial charge in [-0.25, -0.2) is 13.6 Å². The number of aromatic nitrogens is 1. The number of benzene rings is 2. The van der Waals surface area contributed by atoms with Gasteiger partial charge in [0, 0.05) is 36.5 Å². The topological polar surface area (TPSA) is 100 Å². The van der Waals surface area contributed by atoms with Crippen molar-refractivity contribution in [2.45, 2.75) is 19.4 Å². The van der Waals surface area contributed by atoms with Crippen molar-refractivity contribution in [3.05, 3.63) is 65.9 Å². The van der Waals surface area contributed by atoms with Crippen molar-refractivity contribution in [1.82, 2.24) is 10.3 Å². The van der Waals surface area contributed by atoms with Crippen molar-refractivity contribution >= 4 is 34.4 Å². The van der Waals surface area contributed by atoms with Gasteiger partial charge in [0.2, 0.25) is 5.91 Å². The minimum absolute atomic E-state index is 0.141. The van der Waals surface area contributed by atoms with E-state index in [-0.39, 0.29) is 12.1 Å². The first-order valence-corrected chi connectivity index (χ1v) is 9.07. The maximum absolute atomic E-state index is 13.6. The number of esters is 1. The Labute approximate surface area is 170 Å². The SMILES string of the molecule is CC(=O)N[C@@H](Cc1c[nH]c2ccccc12)C(=O)OCC(=O)Nc1cc(F)ccc1F. The molecule has 3 N–H and O–H groups in total. The van der Waals surface area contributed by atoms with E-state index in [0.717, 1.165) is 34.7 Å². The lowest BCUT2D eigenvalue weighted by Crippen LogP contribution is -2.43. The second kappa shape index (κ2) is 9.17. The van der Waals surface area contributed by atoms with E-state index in [1.807, 2.05) is 24.3 Å². The maximum Gasteiger partial charge on any atom is 0.329 e. The summed E-state index contributed by atoms with van der Waals surface area (Å²) in [4.78, 5) is 39.0. The van der Waals surface area contributed by atoms with Crippen LogP contribution in [0.1, 0.15) is 12.5 Å². The fourth-order valence-corrected chi connectivity index (χ4v) is 2.98. The van der Waals surface area contributed by atoms with Gasteiger partial charge in [-0.05, 0) is 23.8 Å². The molecule has 0 bridgehead atoms. The largest absolute Gasteiger partial charge is 0.454 e. The number of H-pyrrole nitrogens is 1. The van der Waals surface area contributed by atoms with Gasteiger partial charge in [0.1, 0.15) is 17.7 Å². The summed E-state index contributed by atoms with van der Waals surface area (Å²) < 4.78 is 31.8. The molecule has 30 heavy (non-hydrogen) atoms. The summed E-state index contributed by atoms with van der Waals surface area (Å²) in [6, 6.07) is 9.02. The number of hydrogen-bond acceptors (Lipinski definition) is 4. The summed E-state index contributed by atoms with van der Waals surface area (Å²) in [5, 5.41) is 5.53. The Bertz CT molecular complexity index is 1100. The van der Waals surface area contributed by atoms with Crippen molar-refractivity contribution in [3.8, 4) is 0 Å². The molecule has 0 unspecified atom stereocenters. The third-order valence-corrected chi connectivity index (χ3v) is 4.31. The van der Waals surface area contributed by atoms with Gasteiger partial charge in [0.05, 0.1) is 5.69 Å². The first-order chi connectivity index (χ1) is 14.3. The monoisotopic (exact) mass is 415 g/mol. The van der Waals surface area contributed by atoms with E-state index in [1.165, 1.54) is 6.92 Å². The number of hydrogen-bond donors (Lipinski definition) is 3. The minimum Gasteiger partial charge on any atom is -0.454 e. The predicted molar refractivity (Wildman–Crippen MR) is 106 cm³/mol. The third-order valence-electron chi connectivity index (χ3n) is 4.31. The molecule has 9 heteroatoms. The molecule has 0 saturated heterocycles. The first kappa shape index (κ1) is 21.0. The zero-order valence-electron chi connectivity index (χ0n) is 16.0. The van der Waals surface area contributed by atoms with E-state index >= 15 is 0 Å². The first-order valence-electron chi connectivity index (χ1n) is 9.07. The molecule has 2 amide bonds. The van der Waals surface area contributed by atoms with Crippen molar-refractivity contribution in [2.75, 3.05) is 11.9 Å². The summed E-state index contributed by atoms with van der Waals surface area (Å²) in [6.45, 7) is 0.535. The minimum atomic E-state index is -1.03. The fourth-order valence-electron chi connectivity index (χ4n) is 2.98. The normalized spacial score (nSPS) is 11.7. The van der Waals surface area contributed by atoms with Gasteiger partial charge in [-0.2, -0.15) is 0 Å². The van der Waals surface area contributed by atoms with E-state index < -0.39 is 42.1 Å². The van der Waals surface area contributed by atoms with Crippen molar-refractivity contribution < 1.29 is 27.9 Å². The Morgan fingerprint density at radius 3 is 2.67 bits per heavy atom. The average molecular weight is 415 g/mol. The standard InChI is InChI=1S/C21H19F2N3O4/c1-12(27)25-19(8-13-10-24-17-5-3-2-4-15(13)17)21(29)30-11-20(28)26-18-9-14(22)6-7-16(18)23/h2-7,9-10,19,24H,8,11H2,1H3,(H,25,27)(H,26,28)/t19-/m0/s1. The molecule has 1 aromatic heterocycles. The number of fused-ring (bicyclic) bond motifs is 1. The number of nitrogens with one attached hydrogen (secondary N) is 3. The molecule has 0 aliphatic carbocycles. The fraction of sp³-hybridized carbons (Fsp3) is 0.190. The molecule has 3 aromatic rings. The van der Waals surface area contributed by atoms with Crippen LogP contribution >= 0.6 is 0 Å². The van der Waals surface area contributed by atoms with Crippen LogP contribution in [0.25, 0.3) is 10.9 Å². The summed E-state index contributed by atoms with van der Waals surface area (Å²) in [7, 11) is 0. The lowest BCUT2D eigenvalue weighted by Gasteiger charge is -2.16. The molecule has 0 fully saturated rings. The quantitative estimate of drug-likeness (QED) is 0.517. The van der Waals surface area contributed by atoms with Crippen molar-refractivity contribution in [2.24, 2.45) is 0 Å². The molecule has 0 aliphatic heterocycles. The number of amides is 2. The van der Waals surface area contributed by atoms with Crippen LogP contribution in [-0.4, -0.2) is 35.4 Å². The molecule has 156 valence electrons. The number of anilines is 1. The molecule has 2 aromatic carbocycles. The summed E-state index contributed by atoms with van der Waals surface area (Å²) in [5.74, 6) is -3.67. The van der Waals surface area contributed by atoms with Crippen LogP contribution in [-0.2, 0) is 25.5 Å². The number of carbonyl (C=O) groups is 3. The number of halogens is 2. The highest BCUT2D eigenvalue weighted by molar-refractivity contribution is 5.94. The Balaban J connectivity index is 1.64. The highest BCUT2D eigenvalue weighted by Gasteiger charge is 2.24. The van der Waals surface area contributed by atoms with Crippen LogP contribution in [0.2, 0.25) is 0 Å². The van der Waals surface area contributed by atoms with Gasteiger partial charge < -0.3 is 20.4 Å².